The van der Waals surface area contributed by atoms with Crippen LogP contribution in [-0.2, 0) is 66.5 Å². The largest absolute Gasteiger partial charge is 0.394 e. The fourth-order valence-corrected chi connectivity index (χ4v) is 9.72. The molecule has 3 amide bonds. The van der Waals surface area contributed by atoms with E-state index in [1.54, 1.807) is 0 Å². The van der Waals surface area contributed by atoms with Crippen molar-refractivity contribution in [3.63, 3.8) is 0 Å². The number of aliphatic hydroxyl groups is 17. The molecule has 6 saturated heterocycles. The Balaban J connectivity index is 1.21. The lowest BCUT2D eigenvalue weighted by molar-refractivity contribution is -0.385. The lowest BCUT2D eigenvalue weighted by Crippen LogP contribution is -2.71. The molecule has 0 radical (unpaired) electrons. The summed E-state index contributed by atoms with van der Waals surface area (Å²) < 4.78 is 62.9. The molecule has 6 fully saturated rings. The van der Waals surface area contributed by atoms with Crippen molar-refractivity contribution >= 4 is 17.7 Å². The molecular formula is C42H71N3O31. The highest BCUT2D eigenvalue weighted by atomic mass is 16.8. The third-order valence-corrected chi connectivity index (χ3v) is 13.6. The maximum atomic E-state index is 12.7. The standard InChI is InChI=1S/C42H71N3O31/c1-10(52)43-19-26(59)22(55)13(4-46)67-38(19)75-35-24(57)15(6-48)68-41(30(35)63)73-33-18(9-51)71-40(21(28(33)61)45-12(3)54)76-36-25(58)16(7-49)69-42(31(36)64)72-32-17(8-50)70-39(20(27(32)60)44-11(2)53)74-34-23(56)14(5-47)66-37(65)29(34)62/h13-42,46-51,55-65H,4-9H2,1-3H3,(H,43,52)(H,44,53)(H,45,54)/t13-,14-,15-,16-,17-,18-,19-,20-,21-,22-,23+,24+,25+,26-,27-,28-,29-,30-,31-,32-,33-,34+,35+,36+,37?,38+,39+,40+,41+,42+/m1/s1. The fourth-order valence-electron chi connectivity index (χ4n) is 9.72. The van der Waals surface area contributed by atoms with Crippen LogP contribution in [0.5, 0.6) is 0 Å². The minimum Gasteiger partial charge on any atom is -0.394 e. The number of ether oxygens (including phenoxy) is 11. The van der Waals surface area contributed by atoms with Crippen molar-refractivity contribution in [2.45, 2.75) is 205 Å². The summed E-state index contributed by atoms with van der Waals surface area (Å²) in [6.07, 6.45) is -50.9. The topological polar surface area (TPSA) is 533 Å². The highest BCUT2D eigenvalue weighted by molar-refractivity contribution is 5.74. The molecule has 0 spiro atoms. The number of hydrogen-bond acceptors (Lipinski definition) is 31. The van der Waals surface area contributed by atoms with Crippen LogP contribution in [0.15, 0.2) is 0 Å². The van der Waals surface area contributed by atoms with Gasteiger partial charge in [0.15, 0.2) is 37.7 Å². The van der Waals surface area contributed by atoms with Crippen LogP contribution in [0, 0.1) is 0 Å². The molecule has 440 valence electrons. The first-order chi connectivity index (χ1) is 35.9. The molecule has 0 saturated carbocycles. The zero-order valence-electron chi connectivity index (χ0n) is 40.9. The Labute approximate surface area is 431 Å². The summed E-state index contributed by atoms with van der Waals surface area (Å²) in [5, 5.41) is 190. The lowest BCUT2D eigenvalue weighted by Gasteiger charge is -2.51. The molecule has 34 nitrogen and oxygen atoms in total. The Morgan fingerprint density at radius 3 is 0.908 bits per heavy atom. The van der Waals surface area contributed by atoms with E-state index in [0.717, 1.165) is 20.8 Å². The van der Waals surface area contributed by atoms with Gasteiger partial charge in [0.2, 0.25) is 17.7 Å². The Bertz CT molecular complexity index is 1870. The molecule has 6 aliphatic rings. The predicted octanol–water partition coefficient (Wildman–Crippen LogP) is -13.7. The van der Waals surface area contributed by atoms with Gasteiger partial charge in [-0.1, -0.05) is 0 Å². The Morgan fingerprint density at radius 1 is 0.316 bits per heavy atom. The maximum absolute atomic E-state index is 12.7. The molecular weight excluding hydrogens is 1040 g/mol. The summed E-state index contributed by atoms with van der Waals surface area (Å²) in [5.41, 5.74) is 0. The van der Waals surface area contributed by atoms with Crippen LogP contribution in [-0.4, -0.2) is 328 Å². The summed E-state index contributed by atoms with van der Waals surface area (Å²) in [6, 6.07) is -5.10. The van der Waals surface area contributed by atoms with Crippen molar-refractivity contribution in [1.82, 2.24) is 16.0 Å². The highest BCUT2D eigenvalue weighted by Crippen LogP contribution is 2.37. The van der Waals surface area contributed by atoms with Gasteiger partial charge in [-0.05, 0) is 0 Å². The van der Waals surface area contributed by atoms with E-state index in [0.29, 0.717) is 0 Å². The van der Waals surface area contributed by atoms with Crippen molar-refractivity contribution in [3.05, 3.63) is 0 Å². The van der Waals surface area contributed by atoms with Gasteiger partial charge in [0.25, 0.3) is 0 Å². The van der Waals surface area contributed by atoms with E-state index in [4.69, 9.17) is 52.1 Å². The Kier molecular flexibility index (Phi) is 22.3. The van der Waals surface area contributed by atoms with Crippen LogP contribution in [0.4, 0.5) is 0 Å². The number of hydrogen-bond donors (Lipinski definition) is 20. The number of amides is 3. The molecule has 30 atom stereocenters. The van der Waals surface area contributed by atoms with Gasteiger partial charge in [-0.15, -0.1) is 0 Å². The maximum Gasteiger partial charge on any atom is 0.217 e. The second-order valence-corrected chi connectivity index (χ2v) is 19.0. The Morgan fingerprint density at radius 2 is 0.579 bits per heavy atom. The van der Waals surface area contributed by atoms with E-state index in [2.05, 4.69) is 16.0 Å². The first-order valence-corrected chi connectivity index (χ1v) is 24.1. The van der Waals surface area contributed by atoms with Crippen molar-refractivity contribution in [2.75, 3.05) is 39.6 Å². The Hall–Kier alpha value is -2.71. The molecule has 34 heteroatoms. The number of nitrogens with one attached hydrogen (secondary N) is 3. The third kappa shape index (κ3) is 13.5. The van der Waals surface area contributed by atoms with Gasteiger partial charge in [-0.2, -0.15) is 0 Å². The van der Waals surface area contributed by atoms with E-state index in [-0.39, 0.29) is 0 Å². The highest BCUT2D eigenvalue weighted by Gasteiger charge is 2.58. The molecule has 0 aromatic carbocycles. The van der Waals surface area contributed by atoms with E-state index >= 15 is 0 Å². The fraction of sp³-hybridized carbons (Fsp3) is 0.929. The van der Waals surface area contributed by atoms with Crippen LogP contribution in [0.25, 0.3) is 0 Å². The van der Waals surface area contributed by atoms with Crippen molar-refractivity contribution in [2.24, 2.45) is 0 Å². The molecule has 0 aromatic heterocycles. The first-order valence-electron chi connectivity index (χ1n) is 24.1. The summed E-state index contributed by atoms with van der Waals surface area (Å²) >= 11 is 0. The predicted molar refractivity (Wildman–Crippen MR) is 234 cm³/mol. The molecule has 0 aromatic rings. The zero-order valence-corrected chi connectivity index (χ0v) is 40.9. The minimum atomic E-state index is -2.22. The molecule has 0 aliphatic carbocycles. The summed E-state index contributed by atoms with van der Waals surface area (Å²) in [6.45, 7) is -2.76. The first kappa shape index (κ1) is 62.5. The van der Waals surface area contributed by atoms with E-state index in [1.807, 2.05) is 0 Å². The number of carbonyl (C=O) groups excluding carboxylic acids is 3. The summed E-state index contributed by atoms with van der Waals surface area (Å²) in [5.74, 6) is -2.43. The number of carbonyl (C=O) groups is 3. The van der Waals surface area contributed by atoms with Crippen molar-refractivity contribution in [1.29, 1.82) is 0 Å². The second kappa shape index (κ2) is 27.2. The molecule has 76 heavy (non-hydrogen) atoms. The third-order valence-electron chi connectivity index (χ3n) is 13.6. The van der Waals surface area contributed by atoms with Gasteiger partial charge in [-0.25, -0.2) is 0 Å². The second-order valence-electron chi connectivity index (χ2n) is 19.0. The van der Waals surface area contributed by atoms with Gasteiger partial charge in [0, 0.05) is 20.8 Å². The van der Waals surface area contributed by atoms with Crippen LogP contribution in [0.2, 0.25) is 0 Å². The molecule has 6 rings (SSSR count). The molecule has 0 bridgehead atoms. The van der Waals surface area contributed by atoms with Crippen LogP contribution in [0.1, 0.15) is 20.8 Å². The van der Waals surface area contributed by atoms with Crippen LogP contribution >= 0.6 is 0 Å². The van der Waals surface area contributed by atoms with E-state index in [9.17, 15) is 101 Å². The number of rotatable bonds is 19. The summed E-state index contributed by atoms with van der Waals surface area (Å²) in [4.78, 5) is 37.1. The molecule has 6 aliphatic heterocycles. The average Bonchev–Trinajstić information content (AvgIpc) is 3.38. The molecule has 1 unspecified atom stereocenters. The zero-order chi connectivity index (χ0) is 56.2. The van der Waals surface area contributed by atoms with Gasteiger partial charge in [-0.3, -0.25) is 14.4 Å². The smallest absolute Gasteiger partial charge is 0.217 e. The lowest BCUT2D eigenvalue weighted by atomic mass is 9.93. The minimum absolute atomic E-state index is 0.748. The normalized spacial score (nSPS) is 48.2. The van der Waals surface area contributed by atoms with Crippen LogP contribution < -0.4 is 16.0 Å². The van der Waals surface area contributed by atoms with E-state index < -0.39 is 241 Å². The van der Waals surface area contributed by atoms with Crippen molar-refractivity contribution in [3.8, 4) is 0 Å². The van der Waals surface area contributed by atoms with Crippen LogP contribution in [0.3, 0.4) is 0 Å². The van der Waals surface area contributed by atoms with Gasteiger partial charge in [0.05, 0.1) is 39.6 Å². The molecule has 6 heterocycles. The van der Waals surface area contributed by atoms with Crippen molar-refractivity contribution < 1.29 is 153 Å². The SMILES string of the molecule is CC(=O)N[C@H]1[C@H](O[C@H]2[C@@H](O)[C@@H](CO)O[C@@H](O[C@H]3[C@H](O)[C@@H](NC(C)=O)[C@H](O[C@H]4[C@@H](O)[C@@H](CO)OC(O)[C@@H]4O)O[C@@H]3CO)[C@@H]2O)O[C@H](CO)[C@@H](O[C@@H]2O[C@H](CO)[C@H](O)[C@H](O[C@@H]3O[C@H](CO)[C@@H](O)[C@H](O)[C@H]3NC(C)=O)[C@H]2O)[C@@H]1O. The quantitative estimate of drug-likeness (QED) is 0.0571. The monoisotopic (exact) mass is 1110 g/mol. The molecule has 20 N–H and O–H groups in total. The summed E-state index contributed by atoms with van der Waals surface area (Å²) in [7, 11) is 0. The number of aliphatic hydroxyl groups excluding tert-OH is 17. The van der Waals surface area contributed by atoms with Gasteiger partial charge >= 0.3 is 0 Å². The van der Waals surface area contributed by atoms with E-state index in [1.165, 1.54) is 0 Å². The average molecular weight is 1110 g/mol. The van der Waals surface area contributed by atoms with Gasteiger partial charge < -0.3 is 155 Å². The van der Waals surface area contributed by atoms with Gasteiger partial charge in [0.1, 0.15) is 146 Å².